The zero-order valence-corrected chi connectivity index (χ0v) is 13.8. The number of urea groups is 1. The lowest BCUT2D eigenvalue weighted by Crippen LogP contribution is -2.53. The maximum Gasteiger partial charge on any atom is 0.321 e. The minimum absolute atomic E-state index is 0.125. The molecule has 1 unspecified atom stereocenters. The number of amides is 2. The number of rotatable bonds is 4. The van der Waals surface area contributed by atoms with Crippen molar-refractivity contribution in [3.8, 4) is 0 Å². The molecule has 0 radical (unpaired) electrons. The highest BCUT2D eigenvalue weighted by Crippen LogP contribution is 2.17. The van der Waals surface area contributed by atoms with Crippen molar-refractivity contribution in [2.24, 2.45) is 0 Å². The SMILES string of the molecule is CCC(CO)N1CCN(C(=O)Nc2cnc(Cl)c(C)c2)CC1. The topological polar surface area (TPSA) is 68.7 Å². The molecule has 22 heavy (non-hydrogen) atoms. The minimum atomic E-state index is -0.125. The molecular weight excluding hydrogens is 304 g/mol. The smallest absolute Gasteiger partial charge is 0.321 e. The van der Waals surface area contributed by atoms with Crippen molar-refractivity contribution in [2.75, 3.05) is 38.1 Å². The largest absolute Gasteiger partial charge is 0.395 e. The molecule has 1 atom stereocenters. The first-order valence-corrected chi connectivity index (χ1v) is 7.96. The quantitative estimate of drug-likeness (QED) is 0.830. The van der Waals surface area contributed by atoms with Crippen LogP contribution in [0, 0.1) is 6.92 Å². The molecule has 2 rings (SSSR count). The van der Waals surface area contributed by atoms with Gasteiger partial charge in [-0.25, -0.2) is 9.78 Å². The highest BCUT2D eigenvalue weighted by molar-refractivity contribution is 6.30. The van der Waals surface area contributed by atoms with Crippen LogP contribution in [0.2, 0.25) is 5.15 Å². The Morgan fingerprint density at radius 2 is 2.14 bits per heavy atom. The van der Waals surface area contributed by atoms with Crippen LogP contribution >= 0.6 is 11.6 Å². The van der Waals surface area contributed by atoms with Crippen molar-refractivity contribution in [1.29, 1.82) is 0 Å². The molecule has 2 amide bonds. The average molecular weight is 327 g/mol. The summed E-state index contributed by atoms with van der Waals surface area (Å²) in [4.78, 5) is 20.3. The molecule has 0 bridgehead atoms. The van der Waals surface area contributed by atoms with Crippen LogP contribution in [0.4, 0.5) is 10.5 Å². The van der Waals surface area contributed by atoms with Gasteiger partial charge in [0.1, 0.15) is 5.15 Å². The molecule has 2 heterocycles. The van der Waals surface area contributed by atoms with Gasteiger partial charge in [-0.1, -0.05) is 18.5 Å². The molecule has 1 fully saturated rings. The predicted molar refractivity (Wildman–Crippen MR) is 87.3 cm³/mol. The van der Waals surface area contributed by atoms with Crippen LogP contribution in [-0.2, 0) is 0 Å². The fourth-order valence-corrected chi connectivity index (χ4v) is 2.73. The molecular formula is C15H23ClN4O2. The molecule has 1 aromatic rings. The summed E-state index contributed by atoms with van der Waals surface area (Å²) in [6.07, 6.45) is 2.47. The lowest BCUT2D eigenvalue weighted by Gasteiger charge is -2.38. The number of aryl methyl sites for hydroxylation is 1. The summed E-state index contributed by atoms with van der Waals surface area (Å²) in [5.41, 5.74) is 1.48. The van der Waals surface area contributed by atoms with Crippen LogP contribution in [0.25, 0.3) is 0 Å². The average Bonchev–Trinajstić information content (AvgIpc) is 2.53. The van der Waals surface area contributed by atoms with Crippen LogP contribution in [0.3, 0.4) is 0 Å². The third-order valence-corrected chi connectivity index (χ3v) is 4.46. The Balaban J connectivity index is 1.88. The number of hydrogen-bond acceptors (Lipinski definition) is 4. The van der Waals surface area contributed by atoms with Gasteiger partial charge < -0.3 is 15.3 Å². The van der Waals surface area contributed by atoms with Gasteiger partial charge in [0.15, 0.2) is 0 Å². The third kappa shape index (κ3) is 4.09. The predicted octanol–water partition coefficient (Wildman–Crippen LogP) is 1.96. The van der Waals surface area contributed by atoms with E-state index in [0.29, 0.717) is 23.9 Å². The Kier molecular flexibility index (Phi) is 5.99. The zero-order valence-electron chi connectivity index (χ0n) is 13.0. The number of pyridine rings is 1. The highest BCUT2D eigenvalue weighted by atomic mass is 35.5. The van der Waals surface area contributed by atoms with E-state index >= 15 is 0 Å². The highest BCUT2D eigenvalue weighted by Gasteiger charge is 2.24. The van der Waals surface area contributed by atoms with Gasteiger partial charge in [-0.2, -0.15) is 0 Å². The number of carbonyl (C=O) groups is 1. The number of hydrogen-bond donors (Lipinski definition) is 2. The van der Waals surface area contributed by atoms with Crippen LogP contribution in [0.15, 0.2) is 12.3 Å². The van der Waals surface area contributed by atoms with Gasteiger partial charge in [-0.3, -0.25) is 4.90 Å². The molecule has 0 aliphatic carbocycles. The second-order valence-electron chi connectivity index (χ2n) is 5.53. The molecule has 7 heteroatoms. The second-order valence-corrected chi connectivity index (χ2v) is 5.89. The maximum absolute atomic E-state index is 12.3. The van der Waals surface area contributed by atoms with E-state index in [2.05, 4.69) is 22.1 Å². The van der Waals surface area contributed by atoms with Crippen LogP contribution in [-0.4, -0.2) is 64.7 Å². The Morgan fingerprint density at radius 1 is 1.45 bits per heavy atom. The fourth-order valence-electron chi connectivity index (χ4n) is 2.62. The summed E-state index contributed by atoms with van der Waals surface area (Å²) in [5, 5.41) is 12.6. The number of aliphatic hydroxyl groups is 1. The van der Waals surface area contributed by atoms with Crippen molar-refractivity contribution in [3.63, 3.8) is 0 Å². The lowest BCUT2D eigenvalue weighted by atomic mass is 10.2. The summed E-state index contributed by atoms with van der Waals surface area (Å²) >= 11 is 5.88. The monoisotopic (exact) mass is 326 g/mol. The Labute approximate surface area is 136 Å². The van der Waals surface area contributed by atoms with E-state index in [0.717, 1.165) is 25.1 Å². The maximum atomic E-state index is 12.3. The summed E-state index contributed by atoms with van der Waals surface area (Å²) in [6, 6.07) is 1.87. The molecule has 1 aliphatic rings. The summed E-state index contributed by atoms with van der Waals surface area (Å²) in [7, 11) is 0. The fraction of sp³-hybridized carbons (Fsp3) is 0.600. The van der Waals surface area contributed by atoms with Crippen LogP contribution < -0.4 is 5.32 Å². The van der Waals surface area contributed by atoms with E-state index in [1.54, 1.807) is 11.1 Å². The molecule has 0 saturated carbocycles. The van der Waals surface area contributed by atoms with Gasteiger partial charge in [0, 0.05) is 32.2 Å². The first kappa shape index (κ1) is 17.0. The van der Waals surface area contributed by atoms with Crippen molar-refractivity contribution in [3.05, 3.63) is 23.0 Å². The van der Waals surface area contributed by atoms with Gasteiger partial charge >= 0.3 is 6.03 Å². The van der Waals surface area contributed by atoms with E-state index in [1.165, 1.54) is 0 Å². The lowest BCUT2D eigenvalue weighted by molar-refractivity contribution is 0.0766. The van der Waals surface area contributed by atoms with Crippen molar-refractivity contribution in [2.45, 2.75) is 26.3 Å². The first-order chi connectivity index (χ1) is 10.5. The van der Waals surface area contributed by atoms with Crippen molar-refractivity contribution >= 4 is 23.3 Å². The van der Waals surface area contributed by atoms with Gasteiger partial charge in [0.05, 0.1) is 18.5 Å². The van der Waals surface area contributed by atoms with E-state index < -0.39 is 0 Å². The number of carbonyl (C=O) groups excluding carboxylic acids is 1. The second kappa shape index (κ2) is 7.76. The first-order valence-electron chi connectivity index (χ1n) is 7.58. The van der Waals surface area contributed by atoms with Gasteiger partial charge in [-0.05, 0) is 25.0 Å². The number of aliphatic hydroxyl groups excluding tert-OH is 1. The molecule has 0 aromatic carbocycles. The van der Waals surface area contributed by atoms with E-state index in [1.807, 2.05) is 13.0 Å². The molecule has 1 saturated heterocycles. The van der Waals surface area contributed by atoms with Gasteiger partial charge in [-0.15, -0.1) is 0 Å². The number of aromatic nitrogens is 1. The minimum Gasteiger partial charge on any atom is -0.395 e. The summed E-state index contributed by atoms with van der Waals surface area (Å²) in [5.74, 6) is 0. The number of piperazine rings is 1. The Hall–Kier alpha value is -1.37. The number of anilines is 1. The van der Waals surface area contributed by atoms with Gasteiger partial charge in [0.25, 0.3) is 0 Å². The Bertz CT molecular complexity index is 514. The van der Waals surface area contributed by atoms with Crippen LogP contribution in [0.5, 0.6) is 0 Å². The number of halogens is 1. The van der Waals surface area contributed by atoms with E-state index in [4.69, 9.17) is 11.6 Å². The van der Waals surface area contributed by atoms with Gasteiger partial charge in [0.2, 0.25) is 0 Å². The third-order valence-electron chi connectivity index (χ3n) is 4.07. The normalized spacial score (nSPS) is 17.4. The summed E-state index contributed by atoms with van der Waals surface area (Å²) in [6.45, 7) is 6.96. The molecule has 122 valence electrons. The van der Waals surface area contributed by atoms with Crippen molar-refractivity contribution < 1.29 is 9.90 Å². The summed E-state index contributed by atoms with van der Waals surface area (Å²) < 4.78 is 0. The van der Waals surface area contributed by atoms with E-state index in [9.17, 15) is 9.90 Å². The van der Waals surface area contributed by atoms with E-state index in [-0.39, 0.29) is 18.7 Å². The molecule has 0 spiro atoms. The Morgan fingerprint density at radius 3 is 2.68 bits per heavy atom. The van der Waals surface area contributed by atoms with Crippen LogP contribution in [0.1, 0.15) is 18.9 Å². The number of nitrogens with zero attached hydrogens (tertiary/aromatic N) is 3. The number of nitrogens with one attached hydrogen (secondary N) is 1. The van der Waals surface area contributed by atoms with Crippen molar-refractivity contribution in [1.82, 2.24) is 14.8 Å². The molecule has 1 aliphatic heterocycles. The molecule has 1 aromatic heterocycles. The molecule has 2 N–H and O–H groups in total. The zero-order chi connectivity index (χ0) is 16.1. The standard InChI is InChI=1S/C15H23ClN4O2/c1-3-13(10-21)19-4-6-20(7-5-19)15(22)18-12-8-11(2)14(16)17-9-12/h8-9,13,21H,3-7,10H2,1-2H3,(H,18,22). The molecule has 6 nitrogen and oxygen atoms in total.